The number of carbonyl (C=O) groups excluding carboxylic acids is 1. The van der Waals surface area contributed by atoms with Crippen LogP contribution in [0.2, 0.25) is 0 Å². The summed E-state index contributed by atoms with van der Waals surface area (Å²) in [7, 11) is 0. The topological polar surface area (TPSA) is 78.0 Å². The predicted octanol–water partition coefficient (Wildman–Crippen LogP) is 2.57. The predicted molar refractivity (Wildman–Crippen MR) is 95.3 cm³/mol. The van der Waals surface area contributed by atoms with E-state index < -0.39 is 0 Å². The molecule has 2 heterocycles. The Balaban J connectivity index is 2.06. The third-order valence-electron chi connectivity index (χ3n) is 3.92. The number of primary amides is 1. The third kappa shape index (κ3) is 3.30. The minimum absolute atomic E-state index is 0.0738. The van der Waals surface area contributed by atoms with Crippen molar-refractivity contribution in [3.8, 4) is 0 Å². The molecule has 0 spiro atoms. The van der Waals surface area contributed by atoms with E-state index in [2.05, 4.69) is 13.8 Å². The first kappa shape index (κ1) is 16.5. The van der Waals surface area contributed by atoms with Crippen LogP contribution in [0.1, 0.15) is 37.1 Å². The normalized spacial score (nSPS) is 13.9. The highest BCUT2D eigenvalue weighted by atomic mass is 32.2. The second-order valence-electron chi connectivity index (χ2n) is 6.31. The van der Waals surface area contributed by atoms with Crippen molar-refractivity contribution in [1.29, 1.82) is 0 Å². The zero-order valence-corrected chi connectivity index (χ0v) is 15.1. The van der Waals surface area contributed by atoms with Gasteiger partial charge in [-0.05, 0) is 30.7 Å². The molecule has 0 saturated heterocycles. The van der Waals surface area contributed by atoms with E-state index in [-0.39, 0.29) is 11.5 Å². The summed E-state index contributed by atoms with van der Waals surface area (Å²) in [5.41, 5.74) is 6.50. The number of fused-ring (bicyclic) bond motifs is 3. The Bertz CT molecular complexity index is 808. The number of aromatic nitrogens is 2. The molecule has 124 valence electrons. The second kappa shape index (κ2) is 6.65. The SMILES string of the molecule is CC(C)Cn1c(SCCC(N)=O)nc2sc3c(c2c1=O)CCC3. The summed E-state index contributed by atoms with van der Waals surface area (Å²) < 4.78 is 1.78. The molecule has 7 heteroatoms. The maximum absolute atomic E-state index is 13.0. The summed E-state index contributed by atoms with van der Waals surface area (Å²) in [5.74, 6) is 0.580. The Kier molecular flexibility index (Phi) is 4.77. The fraction of sp³-hybridized carbons (Fsp3) is 0.562. The van der Waals surface area contributed by atoms with Gasteiger partial charge in [-0.2, -0.15) is 0 Å². The first-order valence-electron chi connectivity index (χ1n) is 7.93. The summed E-state index contributed by atoms with van der Waals surface area (Å²) in [6, 6.07) is 0. The van der Waals surface area contributed by atoms with E-state index in [1.807, 2.05) is 0 Å². The number of hydrogen-bond donors (Lipinski definition) is 1. The molecule has 5 nitrogen and oxygen atoms in total. The van der Waals surface area contributed by atoms with Gasteiger partial charge in [0.1, 0.15) is 4.83 Å². The van der Waals surface area contributed by atoms with Crippen LogP contribution < -0.4 is 11.3 Å². The first-order chi connectivity index (χ1) is 11.0. The lowest BCUT2D eigenvalue weighted by molar-refractivity contribution is -0.117. The maximum Gasteiger partial charge on any atom is 0.263 e. The van der Waals surface area contributed by atoms with E-state index in [9.17, 15) is 9.59 Å². The molecule has 0 unspecified atom stereocenters. The van der Waals surface area contributed by atoms with Crippen molar-refractivity contribution >= 4 is 39.2 Å². The molecule has 0 fully saturated rings. The van der Waals surface area contributed by atoms with E-state index >= 15 is 0 Å². The molecule has 0 radical (unpaired) electrons. The monoisotopic (exact) mass is 351 g/mol. The minimum Gasteiger partial charge on any atom is -0.370 e. The molecule has 1 amide bonds. The Morgan fingerprint density at radius 3 is 2.91 bits per heavy atom. The highest BCUT2D eigenvalue weighted by Crippen LogP contribution is 2.35. The standard InChI is InChI=1S/C16H21N3O2S2/c1-9(2)8-19-15(21)13-10-4-3-5-11(10)23-14(13)18-16(19)22-7-6-12(17)20/h9H,3-8H2,1-2H3,(H2,17,20). The van der Waals surface area contributed by atoms with Crippen LogP contribution in [0.25, 0.3) is 10.2 Å². The minimum atomic E-state index is -0.327. The average molecular weight is 351 g/mol. The lowest BCUT2D eigenvalue weighted by Crippen LogP contribution is -2.25. The zero-order valence-electron chi connectivity index (χ0n) is 13.4. The van der Waals surface area contributed by atoms with E-state index in [1.54, 1.807) is 15.9 Å². The molecule has 2 aromatic rings. The fourth-order valence-electron chi connectivity index (χ4n) is 2.94. The van der Waals surface area contributed by atoms with Crippen LogP contribution in [0.5, 0.6) is 0 Å². The van der Waals surface area contributed by atoms with E-state index in [4.69, 9.17) is 10.7 Å². The van der Waals surface area contributed by atoms with Gasteiger partial charge in [-0.15, -0.1) is 11.3 Å². The van der Waals surface area contributed by atoms with Gasteiger partial charge in [0.05, 0.1) is 5.39 Å². The lowest BCUT2D eigenvalue weighted by Gasteiger charge is -2.14. The van der Waals surface area contributed by atoms with Crippen LogP contribution in [-0.2, 0) is 24.2 Å². The van der Waals surface area contributed by atoms with Crippen molar-refractivity contribution in [2.75, 3.05) is 5.75 Å². The highest BCUT2D eigenvalue weighted by molar-refractivity contribution is 7.99. The third-order valence-corrected chi connectivity index (χ3v) is 6.08. The number of rotatable bonds is 6. The molecule has 3 rings (SSSR count). The highest BCUT2D eigenvalue weighted by Gasteiger charge is 2.23. The van der Waals surface area contributed by atoms with Gasteiger partial charge in [-0.1, -0.05) is 25.6 Å². The number of amides is 1. The van der Waals surface area contributed by atoms with Gasteiger partial charge >= 0.3 is 0 Å². The van der Waals surface area contributed by atoms with Gasteiger partial charge in [0.2, 0.25) is 5.91 Å². The number of carbonyl (C=O) groups is 1. The Morgan fingerprint density at radius 1 is 1.43 bits per heavy atom. The number of thiophene rings is 1. The lowest BCUT2D eigenvalue weighted by atomic mass is 10.2. The Hall–Kier alpha value is -1.34. The molecule has 2 N–H and O–H groups in total. The summed E-state index contributed by atoms with van der Waals surface area (Å²) in [4.78, 5) is 30.9. The molecular weight excluding hydrogens is 330 g/mol. The second-order valence-corrected chi connectivity index (χ2v) is 8.45. The average Bonchev–Trinajstić information content (AvgIpc) is 3.02. The van der Waals surface area contributed by atoms with Crippen molar-refractivity contribution in [1.82, 2.24) is 9.55 Å². The van der Waals surface area contributed by atoms with E-state index in [1.165, 1.54) is 22.2 Å². The van der Waals surface area contributed by atoms with Crippen LogP contribution in [0.4, 0.5) is 0 Å². The van der Waals surface area contributed by atoms with Crippen LogP contribution in [-0.4, -0.2) is 21.2 Å². The van der Waals surface area contributed by atoms with Crippen LogP contribution in [0, 0.1) is 5.92 Å². The van der Waals surface area contributed by atoms with Crippen LogP contribution >= 0.6 is 23.1 Å². The van der Waals surface area contributed by atoms with Gasteiger partial charge in [0.25, 0.3) is 5.56 Å². The summed E-state index contributed by atoms with van der Waals surface area (Å²) in [6.45, 7) is 4.82. The Labute approximate surface area is 143 Å². The van der Waals surface area contributed by atoms with Crippen molar-refractivity contribution < 1.29 is 4.79 Å². The number of nitrogens with two attached hydrogens (primary N) is 1. The van der Waals surface area contributed by atoms with Crippen molar-refractivity contribution in [2.45, 2.75) is 51.2 Å². The number of hydrogen-bond acceptors (Lipinski definition) is 5. The molecule has 0 aromatic carbocycles. The van der Waals surface area contributed by atoms with Crippen molar-refractivity contribution in [3.05, 3.63) is 20.8 Å². The Morgan fingerprint density at radius 2 is 2.22 bits per heavy atom. The summed E-state index contributed by atoms with van der Waals surface area (Å²) in [6.07, 6.45) is 3.48. The number of thioether (sulfide) groups is 1. The van der Waals surface area contributed by atoms with Gasteiger partial charge < -0.3 is 5.73 Å². The number of nitrogens with zero attached hydrogens (tertiary/aromatic N) is 2. The maximum atomic E-state index is 13.0. The summed E-state index contributed by atoms with van der Waals surface area (Å²) >= 11 is 3.10. The van der Waals surface area contributed by atoms with Crippen molar-refractivity contribution in [3.63, 3.8) is 0 Å². The smallest absolute Gasteiger partial charge is 0.263 e. The largest absolute Gasteiger partial charge is 0.370 e. The van der Waals surface area contributed by atoms with Gasteiger partial charge in [0, 0.05) is 23.6 Å². The molecule has 0 aliphatic heterocycles. The van der Waals surface area contributed by atoms with Crippen molar-refractivity contribution in [2.24, 2.45) is 11.7 Å². The molecule has 1 aliphatic rings. The van der Waals surface area contributed by atoms with E-state index in [0.717, 1.165) is 29.5 Å². The number of aryl methyl sites for hydroxylation is 2. The molecule has 0 saturated carbocycles. The van der Waals surface area contributed by atoms with Crippen LogP contribution in [0.15, 0.2) is 9.95 Å². The fourth-order valence-corrected chi connectivity index (χ4v) is 5.20. The van der Waals surface area contributed by atoms with Crippen LogP contribution in [0.3, 0.4) is 0 Å². The van der Waals surface area contributed by atoms with Gasteiger partial charge in [0.15, 0.2) is 5.16 Å². The zero-order chi connectivity index (χ0) is 16.6. The molecule has 2 aromatic heterocycles. The quantitative estimate of drug-likeness (QED) is 0.641. The van der Waals surface area contributed by atoms with Gasteiger partial charge in [-0.3, -0.25) is 14.2 Å². The molecule has 0 bridgehead atoms. The van der Waals surface area contributed by atoms with E-state index in [0.29, 0.717) is 29.8 Å². The summed E-state index contributed by atoms with van der Waals surface area (Å²) in [5, 5.41) is 1.53. The molecule has 23 heavy (non-hydrogen) atoms. The molecule has 1 aliphatic carbocycles. The molecule has 0 atom stereocenters. The molecular formula is C16H21N3O2S2. The first-order valence-corrected chi connectivity index (χ1v) is 9.73. The van der Waals surface area contributed by atoms with Gasteiger partial charge in [-0.25, -0.2) is 4.98 Å².